The van der Waals surface area contributed by atoms with Crippen molar-refractivity contribution in [2.45, 2.75) is 76.4 Å². The summed E-state index contributed by atoms with van der Waals surface area (Å²) in [7, 11) is -3.70. The fourth-order valence-electron chi connectivity index (χ4n) is 3.33. The Morgan fingerprint density at radius 3 is 2.17 bits per heavy atom. The van der Waals surface area contributed by atoms with Crippen molar-refractivity contribution in [1.82, 2.24) is 9.62 Å². The molecule has 0 bridgehead atoms. The summed E-state index contributed by atoms with van der Waals surface area (Å²) in [6, 6.07) is 6.13. The highest BCUT2D eigenvalue weighted by Crippen LogP contribution is 2.26. The molecule has 5 nitrogen and oxygen atoms in total. The van der Waals surface area contributed by atoms with Crippen molar-refractivity contribution in [1.29, 1.82) is 0 Å². The SMILES string of the molecule is Cc1ccc(S(=O)(=O)N[C@@H](C)C(=O)N(C(C)C)C2CCCC2)cc1. The first-order chi connectivity index (χ1) is 11.2. The van der Waals surface area contributed by atoms with Crippen LogP contribution in [0.25, 0.3) is 0 Å². The minimum absolute atomic E-state index is 0.0620. The zero-order valence-corrected chi connectivity index (χ0v) is 15.8. The molecule has 0 unspecified atom stereocenters. The molecule has 1 aromatic carbocycles. The van der Waals surface area contributed by atoms with Crippen molar-refractivity contribution in [3.05, 3.63) is 29.8 Å². The molecule has 24 heavy (non-hydrogen) atoms. The van der Waals surface area contributed by atoms with Gasteiger partial charge in [-0.05, 0) is 52.7 Å². The average Bonchev–Trinajstić information content (AvgIpc) is 3.00. The van der Waals surface area contributed by atoms with Gasteiger partial charge >= 0.3 is 0 Å². The molecular formula is C18H28N2O3S. The second kappa shape index (κ2) is 7.66. The van der Waals surface area contributed by atoms with Crippen LogP contribution in [0.2, 0.25) is 0 Å². The molecule has 6 heteroatoms. The standard InChI is InChI=1S/C18H28N2O3S/c1-13(2)20(16-7-5-6-8-16)18(21)15(4)19-24(22,23)17-11-9-14(3)10-12-17/h9-13,15-16,19H,5-8H2,1-4H3/t15-/m0/s1. The summed E-state index contributed by atoms with van der Waals surface area (Å²) >= 11 is 0. The van der Waals surface area contributed by atoms with Crippen LogP contribution in [-0.4, -0.2) is 37.4 Å². The number of rotatable bonds is 6. The summed E-state index contributed by atoms with van der Waals surface area (Å²) in [4.78, 5) is 14.9. The fourth-order valence-corrected chi connectivity index (χ4v) is 4.53. The molecule has 1 aliphatic rings. The van der Waals surface area contributed by atoms with Gasteiger partial charge in [-0.2, -0.15) is 4.72 Å². The summed E-state index contributed by atoms with van der Waals surface area (Å²) in [5, 5.41) is 0. The molecule has 0 aliphatic heterocycles. The number of carbonyl (C=O) groups is 1. The lowest BCUT2D eigenvalue weighted by atomic mass is 10.1. The van der Waals surface area contributed by atoms with Gasteiger partial charge in [-0.3, -0.25) is 4.79 Å². The van der Waals surface area contributed by atoms with Gasteiger partial charge in [-0.25, -0.2) is 8.42 Å². The largest absolute Gasteiger partial charge is 0.336 e. The molecule has 0 heterocycles. The quantitative estimate of drug-likeness (QED) is 0.856. The lowest BCUT2D eigenvalue weighted by Crippen LogP contribution is -2.52. The Labute approximate surface area is 145 Å². The Morgan fingerprint density at radius 2 is 1.67 bits per heavy atom. The lowest BCUT2D eigenvalue weighted by Gasteiger charge is -2.35. The van der Waals surface area contributed by atoms with E-state index in [0.29, 0.717) is 0 Å². The summed E-state index contributed by atoms with van der Waals surface area (Å²) < 4.78 is 27.5. The van der Waals surface area contributed by atoms with E-state index in [4.69, 9.17) is 0 Å². The number of carbonyl (C=O) groups excluding carboxylic acids is 1. The van der Waals surface area contributed by atoms with Crippen molar-refractivity contribution >= 4 is 15.9 Å². The van der Waals surface area contributed by atoms with E-state index in [1.807, 2.05) is 25.7 Å². The monoisotopic (exact) mass is 352 g/mol. The fraction of sp³-hybridized carbons (Fsp3) is 0.611. The molecule has 2 rings (SSSR count). The average molecular weight is 353 g/mol. The summed E-state index contributed by atoms with van der Waals surface area (Å²) in [5.41, 5.74) is 0.991. The van der Waals surface area contributed by atoms with E-state index in [9.17, 15) is 13.2 Å². The van der Waals surface area contributed by atoms with E-state index in [-0.39, 0.29) is 22.9 Å². The first-order valence-electron chi connectivity index (χ1n) is 8.63. The van der Waals surface area contributed by atoms with Crippen LogP contribution in [0.3, 0.4) is 0 Å². The highest BCUT2D eigenvalue weighted by Gasteiger charge is 2.33. The highest BCUT2D eigenvalue weighted by atomic mass is 32.2. The minimum atomic E-state index is -3.70. The van der Waals surface area contributed by atoms with Crippen LogP contribution < -0.4 is 4.72 Å². The predicted molar refractivity (Wildman–Crippen MR) is 95.2 cm³/mol. The molecule has 0 saturated heterocycles. The van der Waals surface area contributed by atoms with Crippen molar-refractivity contribution in [3.63, 3.8) is 0 Å². The number of nitrogens with one attached hydrogen (secondary N) is 1. The first kappa shape index (κ1) is 18.9. The number of amides is 1. The molecule has 1 amide bonds. The second-order valence-electron chi connectivity index (χ2n) is 6.93. The third-order valence-corrected chi connectivity index (χ3v) is 6.12. The van der Waals surface area contributed by atoms with Gasteiger partial charge in [-0.15, -0.1) is 0 Å². The summed E-state index contributed by atoms with van der Waals surface area (Å²) in [6.45, 7) is 7.49. The Morgan fingerprint density at radius 1 is 1.12 bits per heavy atom. The maximum absolute atomic E-state index is 12.8. The second-order valence-corrected chi connectivity index (χ2v) is 8.65. The maximum atomic E-state index is 12.8. The minimum Gasteiger partial charge on any atom is -0.336 e. The molecule has 0 radical (unpaired) electrons. The van der Waals surface area contributed by atoms with Gasteiger partial charge in [0.15, 0.2) is 0 Å². The van der Waals surface area contributed by atoms with E-state index in [2.05, 4.69) is 4.72 Å². The van der Waals surface area contributed by atoms with Crippen LogP contribution in [0.5, 0.6) is 0 Å². The third-order valence-electron chi connectivity index (χ3n) is 4.56. The van der Waals surface area contributed by atoms with Crippen molar-refractivity contribution < 1.29 is 13.2 Å². The van der Waals surface area contributed by atoms with Gasteiger partial charge in [0.05, 0.1) is 10.9 Å². The molecule has 134 valence electrons. The van der Waals surface area contributed by atoms with Crippen LogP contribution in [0, 0.1) is 6.92 Å². The van der Waals surface area contributed by atoms with Crippen LogP contribution >= 0.6 is 0 Å². The molecule has 1 saturated carbocycles. The zero-order valence-electron chi connectivity index (χ0n) is 15.0. The van der Waals surface area contributed by atoms with Crippen molar-refractivity contribution in [2.24, 2.45) is 0 Å². The molecule has 1 atom stereocenters. The number of sulfonamides is 1. The number of hydrogen-bond donors (Lipinski definition) is 1. The van der Waals surface area contributed by atoms with Gasteiger partial charge in [0, 0.05) is 12.1 Å². The van der Waals surface area contributed by atoms with Crippen LogP contribution in [-0.2, 0) is 14.8 Å². The molecular weight excluding hydrogens is 324 g/mol. The molecule has 1 N–H and O–H groups in total. The zero-order chi connectivity index (χ0) is 17.9. The maximum Gasteiger partial charge on any atom is 0.241 e. The number of benzene rings is 1. The van der Waals surface area contributed by atoms with Crippen LogP contribution in [0.15, 0.2) is 29.2 Å². The smallest absolute Gasteiger partial charge is 0.241 e. The van der Waals surface area contributed by atoms with Gasteiger partial charge in [0.25, 0.3) is 0 Å². The molecule has 0 spiro atoms. The Balaban J connectivity index is 2.13. The van der Waals surface area contributed by atoms with E-state index in [1.165, 1.54) is 0 Å². The highest BCUT2D eigenvalue weighted by molar-refractivity contribution is 7.89. The number of hydrogen-bond acceptors (Lipinski definition) is 3. The van der Waals surface area contributed by atoms with Crippen LogP contribution in [0.1, 0.15) is 52.0 Å². The molecule has 1 aliphatic carbocycles. The number of aryl methyl sites for hydroxylation is 1. The van der Waals surface area contributed by atoms with Crippen LogP contribution in [0.4, 0.5) is 0 Å². The summed E-state index contributed by atoms with van der Waals surface area (Å²) in [6.07, 6.45) is 4.26. The Bertz CT molecular complexity index is 662. The summed E-state index contributed by atoms with van der Waals surface area (Å²) in [5.74, 6) is -0.146. The Kier molecular flexibility index (Phi) is 6.04. The van der Waals surface area contributed by atoms with Gasteiger partial charge in [0.2, 0.25) is 15.9 Å². The van der Waals surface area contributed by atoms with Gasteiger partial charge in [-0.1, -0.05) is 30.5 Å². The molecule has 1 aromatic rings. The predicted octanol–water partition coefficient (Wildman–Crippen LogP) is 2.84. The normalized spacial score (nSPS) is 17.2. The van der Waals surface area contributed by atoms with Crippen molar-refractivity contribution in [2.75, 3.05) is 0 Å². The molecule has 0 aromatic heterocycles. The van der Waals surface area contributed by atoms with E-state index >= 15 is 0 Å². The van der Waals surface area contributed by atoms with E-state index in [1.54, 1.807) is 31.2 Å². The Hall–Kier alpha value is -1.40. The number of nitrogens with zero attached hydrogens (tertiary/aromatic N) is 1. The first-order valence-corrected chi connectivity index (χ1v) is 10.1. The topological polar surface area (TPSA) is 66.5 Å². The lowest BCUT2D eigenvalue weighted by molar-refractivity contribution is -0.136. The van der Waals surface area contributed by atoms with Gasteiger partial charge < -0.3 is 4.90 Å². The third kappa shape index (κ3) is 4.36. The molecule has 1 fully saturated rings. The van der Waals surface area contributed by atoms with E-state index in [0.717, 1.165) is 31.2 Å². The van der Waals surface area contributed by atoms with E-state index < -0.39 is 16.1 Å². The van der Waals surface area contributed by atoms with Crippen molar-refractivity contribution in [3.8, 4) is 0 Å². The van der Waals surface area contributed by atoms with Gasteiger partial charge in [0.1, 0.15) is 0 Å².